The summed E-state index contributed by atoms with van der Waals surface area (Å²) in [5.41, 5.74) is 1.95. The van der Waals surface area contributed by atoms with Crippen LogP contribution in [0.3, 0.4) is 0 Å². The zero-order valence-electron chi connectivity index (χ0n) is 14.2. The van der Waals surface area contributed by atoms with E-state index in [1.807, 2.05) is 36.4 Å². The lowest BCUT2D eigenvalue weighted by molar-refractivity contribution is -0.385. The van der Waals surface area contributed by atoms with Crippen molar-refractivity contribution in [1.29, 1.82) is 0 Å². The second kappa shape index (κ2) is 6.88. The van der Waals surface area contributed by atoms with Crippen molar-refractivity contribution >= 4 is 17.5 Å². The van der Waals surface area contributed by atoms with Crippen LogP contribution in [0.25, 0.3) is 6.08 Å². The van der Waals surface area contributed by atoms with Gasteiger partial charge < -0.3 is 4.74 Å². The normalized spacial score (nSPS) is 17.3. The molecule has 0 saturated heterocycles. The van der Waals surface area contributed by atoms with Gasteiger partial charge in [-0.15, -0.1) is 0 Å². The van der Waals surface area contributed by atoms with Crippen LogP contribution in [0.5, 0.6) is 5.75 Å². The number of para-hydroxylation sites is 2. The Morgan fingerprint density at radius 3 is 2.33 bits per heavy atom. The summed E-state index contributed by atoms with van der Waals surface area (Å²) in [6.45, 7) is 0. The van der Waals surface area contributed by atoms with Gasteiger partial charge in [0.1, 0.15) is 5.75 Å². The number of Topliss-reactive ketones (excluding diaryl/α,β-unsaturated/α-hetero) is 1. The van der Waals surface area contributed by atoms with Gasteiger partial charge in [-0.1, -0.05) is 54.6 Å². The van der Waals surface area contributed by atoms with Gasteiger partial charge in [0.15, 0.2) is 11.9 Å². The summed E-state index contributed by atoms with van der Waals surface area (Å²) in [6.07, 6.45) is 0.932. The predicted molar refractivity (Wildman–Crippen MR) is 102 cm³/mol. The molecule has 0 radical (unpaired) electrons. The molecular weight excluding hydrogens is 342 g/mol. The first-order valence-corrected chi connectivity index (χ1v) is 8.45. The molecule has 0 bridgehead atoms. The van der Waals surface area contributed by atoms with E-state index in [1.54, 1.807) is 42.5 Å². The minimum atomic E-state index is -0.631. The summed E-state index contributed by atoms with van der Waals surface area (Å²) < 4.78 is 6.11. The number of nitro groups is 1. The summed E-state index contributed by atoms with van der Waals surface area (Å²) >= 11 is 0. The fourth-order valence-electron chi connectivity index (χ4n) is 3.18. The highest BCUT2D eigenvalue weighted by molar-refractivity contribution is 6.14. The predicted octanol–water partition coefficient (Wildman–Crippen LogP) is 4.99. The van der Waals surface area contributed by atoms with Crippen LogP contribution >= 0.6 is 0 Å². The van der Waals surface area contributed by atoms with E-state index in [0.29, 0.717) is 22.4 Å². The molecule has 132 valence electrons. The van der Waals surface area contributed by atoms with Gasteiger partial charge in [-0.05, 0) is 29.8 Å². The lowest BCUT2D eigenvalue weighted by Crippen LogP contribution is -2.23. The number of carbonyl (C=O) groups is 1. The number of hydrogen-bond acceptors (Lipinski definition) is 4. The van der Waals surface area contributed by atoms with Crippen molar-refractivity contribution in [3.8, 4) is 5.75 Å². The standard InChI is InChI=1S/C22H15NO4/c24-21-17-11-5-7-13-20(17)27-22(15-8-2-1-3-9-15)18(21)14-16-10-4-6-12-19(16)23(25)26/h1-14,22H/b18-14-. The van der Waals surface area contributed by atoms with E-state index < -0.39 is 11.0 Å². The maximum Gasteiger partial charge on any atom is 0.276 e. The smallest absolute Gasteiger partial charge is 0.276 e. The Balaban J connectivity index is 1.90. The number of benzene rings is 3. The molecule has 0 aromatic heterocycles. The molecule has 0 amide bonds. The highest BCUT2D eigenvalue weighted by Crippen LogP contribution is 2.39. The lowest BCUT2D eigenvalue weighted by atomic mass is 9.89. The Kier molecular flexibility index (Phi) is 4.26. The van der Waals surface area contributed by atoms with Gasteiger partial charge in [-0.3, -0.25) is 14.9 Å². The maximum absolute atomic E-state index is 13.2. The SMILES string of the molecule is O=C1/C(=C/c2ccccc2[N+](=O)[O-])C(c2ccccc2)Oc2ccccc21. The Bertz CT molecular complexity index is 1060. The summed E-state index contributed by atoms with van der Waals surface area (Å²) in [7, 11) is 0. The minimum absolute atomic E-state index is 0.0523. The van der Waals surface area contributed by atoms with Crippen molar-refractivity contribution in [2.45, 2.75) is 6.10 Å². The van der Waals surface area contributed by atoms with Gasteiger partial charge in [0.25, 0.3) is 5.69 Å². The van der Waals surface area contributed by atoms with Gasteiger partial charge in [0.2, 0.25) is 0 Å². The number of nitrogens with zero attached hydrogens (tertiary/aromatic N) is 1. The van der Waals surface area contributed by atoms with Crippen LogP contribution < -0.4 is 4.74 Å². The Hall–Kier alpha value is -3.73. The fraction of sp³-hybridized carbons (Fsp3) is 0.0455. The molecule has 0 saturated carbocycles. The number of nitro benzene ring substituents is 1. The summed E-state index contributed by atoms with van der Waals surface area (Å²) in [5, 5.41) is 11.4. The molecule has 0 aliphatic carbocycles. The van der Waals surface area contributed by atoms with Gasteiger partial charge in [-0.2, -0.15) is 0 Å². The van der Waals surface area contributed by atoms with Gasteiger partial charge in [-0.25, -0.2) is 0 Å². The van der Waals surface area contributed by atoms with E-state index in [0.717, 1.165) is 5.56 Å². The van der Waals surface area contributed by atoms with Crippen molar-refractivity contribution in [2.75, 3.05) is 0 Å². The van der Waals surface area contributed by atoms with Crippen LogP contribution in [0.2, 0.25) is 0 Å². The molecule has 0 fully saturated rings. The van der Waals surface area contributed by atoms with E-state index >= 15 is 0 Å². The highest BCUT2D eigenvalue weighted by atomic mass is 16.6. The van der Waals surface area contributed by atoms with Crippen LogP contribution in [0, 0.1) is 10.1 Å². The van der Waals surface area contributed by atoms with Crippen molar-refractivity contribution in [3.05, 3.63) is 111 Å². The number of hydrogen-bond donors (Lipinski definition) is 0. The second-order valence-corrected chi connectivity index (χ2v) is 6.15. The zero-order chi connectivity index (χ0) is 18.8. The number of carbonyl (C=O) groups excluding carboxylic acids is 1. The van der Waals surface area contributed by atoms with E-state index in [9.17, 15) is 14.9 Å². The topological polar surface area (TPSA) is 69.4 Å². The van der Waals surface area contributed by atoms with Crippen LogP contribution in [0.1, 0.15) is 27.6 Å². The Morgan fingerprint density at radius 1 is 0.889 bits per heavy atom. The van der Waals surface area contributed by atoms with Crippen molar-refractivity contribution < 1.29 is 14.5 Å². The second-order valence-electron chi connectivity index (χ2n) is 6.15. The number of ether oxygens (including phenoxy) is 1. The highest BCUT2D eigenvalue weighted by Gasteiger charge is 2.33. The molecule has 1 aliphatic rings. The molecule has 1 unspecified atom stereocenters. The lowest BCUT2D eigenvalue weighted by Gasteiger charge is -2.28. The van der Waals surface area contributed by atoms with Crippen LogP contribution in [-0.2, 0) is 0 Å². The van der Waals surface area contributed by atoms with E-state index in [1.165, 1.54) is 6.07 Å². The molecule has 5 heteroatoms. The average Bonchev–Trinajstić information content (AvgIpc) is 2.71. The third kappa shape index (κ3) is 3.11. The summed E-state index contributed by atoms with van der Waals surface area (Å²) in [6, 6.07) is 22.8. The number of rotatable bonds is 3. The summed E-state index contributed by atoms with van der Waals surface area (Å²) in [5.74, 6) is 0.319. The Labute approximate surface area is 155 Å². The number of ketones is 1. The number of fused-ring (bicyclic) bond motifs is 1. The third-order valence-electron chi connectivity index (χ3n) is 4.47. The molecule has 1 aliphatic heterocycles. The van der Waals surface area contributed by atoms with Crippen LogP contribution in [0.4, 0.5) is 5.69 Å². The molecule has 5 nitrogen and oxygen atoms in total. The molecule has 3 aromatic carbocycles. The van der Waals surface area contributed by atoms with Gasteiger partial charge in [0, 0.05) is 11.6 Å². The molecule has 1 atom stereocenters. The van der Waals surface area contributed by atoms with E-state index in [-0.39, 0.29) is 11.5 Å². The maximum atomic E-state index is 13.2. The van der Waals surface area contributed by atoms with Crippen molar-refractivity contribution in [1.82, 2.24) is 0 Å². The third-order valence-corrected chi connectivity index (χ3v) is 4.47. The van der Waals surface area contributed by atoms with Gasteiger partial charge in [0.05, 0.1) is 16.1 Å². The molecule has 4 rings (SSSR count). The first-order chi connectivity index (χ1) is 13.1. The zero-order valence-corrected chi connectivity index (χ0v) is 14.2. The van der Waals surface area contributed by atoms with E-state index in [4.69, 9.17) is 4.74 Å². The molecule has 0 N–H and O–H groups in total. The molecule has 3 aromatic rings. The first kappa shape index (κ1) is 16.7. The quantitative estimate of drug-likeness (QED) is 0.376. The van der Waals surface area contributed by atoms with Gasteiger partial charge >= 0.3 is 0 Å². The van der Waals surface area contributed by atoms with Crippen LogP contribution in [-0.4, -0.2) is 10.7 Å². The Morgan fingerprint density at radius 2 is 1.56 bits per heavy atom. The molecule has 27 heavy (non-hydrogen) atoms. The van der Waals surface area contributed by atoms with Crippen LogP contribution in [0.15, 0.2) is 84.4 Å². The monoisotopic (exact) mass is 357 g/mol. The van der Waals surface area contributed by atoms with Crippen molar-refractivity contribution in [2.24, 2.45) is 0 Å². The minimum Gasteiger partial charge on any atom is -0.480 e. The first-order valence-electron chi connectivity index (χ1n) is 8.45. The molecular formula is C22H15NO4. The van der Waals surface area contributed by atoms with E-state index in [2.05, 4.69) is 0 Å². The average molecular weight is 357 g/mol. The van der Waals surface area contributed by atoms with Crippen molar-refractivity contribution in [3.63, 3.8) is 0 Å². The molecule has 0 spiro atoms. The summed E-state index contributed by atoms with van der Waals surface area (Å²) in [4.78, 5) is 24.1. The largest absolute Gasteiger partial charge is 0.480 e. The fourth-order valence-corrected chi connectivity index (χ4v) is 3.18. The molecule has 1 heterocycles.